The number of likely N-dealkylation sites (N-methyl/N-ethyl adjacent to an activating group) is 1. The minimum atomic E-state index is -4.93. The summed E-state index contributed by atoms with van der Waals surface area (Å²) in [5.41, 5.74) is -1.12. The third kappa shape index (κ3) is 1.78. The second-order valence-corrected chi connectivity index (χ2v) is 4.27. The summed E-state index contributed by atoms with van der Waals surface area (Å²) in [5.74, 6) is -2.11. The van der Waals surface area contributed by atoms with Crippen LogP contribution < -0.4 is 5.32 Å². The molecule has 16 heavy (non-hydrogen) atoms. The summed E-state index contributed by atoms with van der Waals surface area (Å²) in [6.07, 6.45) is -3.73. The van der Waals surface area contributed by atoms with E-state index in [0.29, 0.717) is 6.42 Å². The number of esters is 1. The van der Waals surface area contributed by atoms with Gasteiger partial charge in [-0.2, -0.15) is 13.2 Å². The molecule has 2 aliphatic rings. The second-order valence-electron chi connectivity index (χ2n) is 4.27. The van der Waals surface area contributed by atoms with Crippen LogP contribution in [0.2, 0.25) is 0 Å². The van der Waals surface area contributed by atoms with Crippen molar-refractivity contribution >= 4 is 5.97 Å². The van der Waals surface area contributed by atoms with E-state index >= 15 is 0 Å². The van der Waals surface area contributed by atoms with Crippen molar-refractivity contribution in [3.63, 3.8) is 0 Å². The lowest BCUT2D eigenvalue weighted by Crippen LogP contribution is -2.61. The Morgan fingerprint density at radius 3 is 2.88 bits per heavy atom. The monoisotopic (exact) mass is 238 g/mol. The highest BCUT2D eigenvalue weighted by Gasteiger charge is 2.53. The molecule has 2 rings (SSSR count). The Kier molecular flexibility index (Phi) is 2.62. The standard InChI is InChI=1S/C9H13F3N2O2/c1-14-6-2-3-8(14,5-13-4-6)16-7(15)9(10,11)12/h6,13H,2-5H2,1H3. The van der Waals surface area contributed by atoms with Crippen LogP contribution in [0.15, 0.2) is 0 Å². The molecule has 2 heterocycles. The Morgan fingerprint density at radius 1 is 1.56 bits per heavy atom. The molecule has 2 fully saturated rings. The Bertz CT molecular complexity index is 304. The van der Waals surface area contributed by atoms with Crippen LogP contribution in [0.1, 0.15) is 12.8 Å². The van der Waals surface area contributed by atoms with E-state index in [1.165, 1.54) is 0 Å². The lowest BCUT2D eigenvalue weighted by atomic mass is 10.1. The van der Waals surface area contributed by atoms with E-state index in [4.69, 9.17) is 0 Å². The Hall–Kier alpha value is -0.820. The van der Waals surface area contributed by atoms with Gasteiger partial charge in [0.2, 0.25) is 0 Å². The molecule has 2 saturated heterocycles. The lowest BCUT2D eigenvalue weighted by molar-refractivity contribution is -0.228. The number of halogens is 3. The third-order valence-electron chi connectivity index (χ3n) is 3.35. The normalized spacial score (nSPS) is 35.1. The molecular weight excluding hydrogens is 225 g/mol. The molecular formula is C9H13F3N2O2. The number of nitrogens with zero attached hydrogens (tertiary/aromatic N) is 1. The summed E-state index contributed by atoms with van der Waals surface area (Å²) in [5, 5.41) is 2.99. The first kappa shape index (κ1) is 11.7. The molecule has 0 aromatic rings. The van der Waals surface area contributed by atoms with Gasteiger partial charge in [-0.25, -0.2) is 4.79 Å². The maximum atomic E-state index is 12.1. The van der Waals surface area contributed by atoms with Gasteiger partial charge >= 0.3 is 12.1 Å². The number of nitrogens with one attached hydrogen (secondary N) is 1. The largest absolute Gasteiger partial charge is 0.490 e. The van der Waals surface area contributed by atoms with Crippen molar-refractivity contribution in [1.29, 1.82) is 0 Å². The number of hydrogen-bond donors (Lipinski definition) is 1. The molecule has 0 aliphatic carbocycles. The van der Waals surface area contributed by atoms with E-state index < -0.39 is 17.9 Å². The average molecular weight is 238 g/mol. The third-order valence-corrected chi connectivity index (χ3v) is 3.35. The first-order valence-corrected chi connectivity index (χ1v) is 5.09. The number of carbonyl (C=O) groups is 1. The maximum Gasteiger partial charge on any atom is 0.490 e. The minimum absolute atomic E-state index is 0.148. The van der Waals surface area contributed by atoms with E-state index in [-0.39, 0.29) is 12.6 Å². The summed E-state index contributed by atoms with van der Waals surface area (Å²) >= 11 is 0. The van der Waals surface area contributed by atoms with E-state index in [0.717, 1.165) is 13.0 Å². The zero-order valence-electron chi connectivity index (χ0n) is 8.80. The molecule has 2 atom stereocenters. The average Bonchev–Trinajstić information content (AvgIpc) is 2.37. The van der Waals surface area contributed by atoms with Gasteiger partial charge in [0.25, 0.3) is 0 Å². The fourth-order valence-electron chi connectivity index (χ4n) is 2.37. The van der Waals surface area contributed by atoms with Crippen LogP contribution in [0.4, 0.5) is 13.2 Å². The molecule has 0 aromatic carbocycles. The van der Waals surface area contributed by atoms with Gasteiger partial charge in [-0.1, -0.05) is 0 Å². The fraction of sp³-hybridized carbons (Fsp3) is 0.889. The Morgan fingerprint density at radius 2 is 2.25 bits per heavy atom. The molecule has 1 N–H and O–H groups in total. The van der Waals surface area contributed by atoms with E-state index in [1.807, 2.05) is 0 Å². The predicted octanol–water partition coefficient (Wildman–Crippen LogP) is 0.486. The van der Waals surface area contributed by atoms with Crippen molar-refractivity contribution in [3.05, 3.63) is 0 Å². The number of hydrogen-bond acceptors (Lipinski definition) is 4. The molecule has 2 aliphatic heterocycles. The van der Waals surface area contributed by atoms with Gasteiger partial charge in [-0.15, -0.1) is 0 Å². The number of carbonyl (C=O) groups excluding carboxylic acids is 1. The number of piperazine rings is 1. The summed E-state index contributed by atoms with van der Waals surface area (Å²) in [4.78, 5) is 12.6. The van der Waals surface area contributed by atoms with Crippen LogP contribution in [0.5, 0.6) is 0 Å². The van der Waals surface area contributed by atoms with Crippen molar-refractivity contribution in [1.82, 2.24) is 10.2 Å². The zero-order valence-corrected chi connectivity index (χ0v) is 8.80. The molecule has 0 aromatic heterocycles. The van der Waals surface area contributed by atoms with Gasteiger partial charge in [0.15, 0.2) is 5.72 Å². The van der Waals surface area contributed by atoms with Crippen molar-refractivity contribution in [2.24, 2.45) is 0 Å². The molecule has 2 unspecified atom stereocenters. The number of fused-ring (bicyclic) bond motifs is 2. The molecule has 0 amide bonds. The van der Waals surface area contributed by atoms with Crippen LogP contribution in [0.25, 0.3) is 0 Å². The Balaban J connectivity index is 2.11. The van der Waals surface area contributed by atoms with Crippen LogP contribution in [0, 0.1) is 0 Å². The van der Waals surface area contributed by atoms with Crippen LogP contribution >= 0.6 is 0 Å². The molecule has 4 nitrogen and oxygen atoms in total. The van der Waals surface area contributed by atoms with Crippen molar-refractivity contribution in [2.75, 3.05) is 20.1 Å². The highest BCUT2D eigenvalue weighted by molar-refractivity contribution is 5.76. The zero-order chi connectivity index (χ0) is 12.0. The van der Waals surface area contributed by atoms with Gasteiger partial charge in [-0.3, -0.25) is 4.90 Å². The molecule has 0 radical (unpaired) electrons. The van der Waals surface area contributed by atoms with Crippen molar-refractivity contribution in [2.45, 2.75) is 30.8 Å². The van der Waals surface area contributed by atoms with Gasteiger partial charge < -0.3 is 10.1 Å². The smallest absolute Gasteiger partial charge is 0.436 e. The predicted molar refractivity (Wildman–Crippen MR) is 48.5 cm³/mol. The number of alkyl halides is 3. The topological polar surface area (TPSA) is 41.6 Å². The number of ether oxygens (including phenoxy) is 1. The van der Waals surface area contributed by atoms with Gasteiger partial charge in [-0.05, 0) is 13.5 Å². The lowest BCUT2D eigenvalue weighted by Gasteiger charge is -2.41. The van der Waals surface area contributed by atoms with Gasteiger partial charge in [0, 0.05) is 25.6 Å². The number of rotatable bonds is 1. The van der Waals surface area contributed by atoms with E-state index in [9.17, 15) is 18.0 Å². The summed E-state index contributed by atoms with van der Waals surface area (Å²) in [6, 6.07) is 0.148. The summed E-state index contributed by atoms with van der Waals surface area (Å²) in [6.45, 7) is 0.976. The van der Waals surface area contributed by atoms with Crippen LogP contribution in [-0.4, -0.2) is 48.9 Å². The SMILES string of the molecule is CN1C2CCC1(OC(=O)C(F)(F)F)CNC2. The minimum Gasteiger partial charge on any atom is -0.436 e. The summed E-state index contributed by atoms with van der Waals surface area (Å²) in [7, 11) is 1.70. The van der Waals surface area contributed by atoms with Crippen LogP contribution in [-0.2, 0) is 9.53 Å². The van der Waals surface area contributed by atoms with E-state index in [1.54, 1.807) is 11.9 Å². The molecule has 92 valence electrons. The second kappa shape index (κ2) is 3.59. The summed E-state index contributed by atoms with van der Waals surface area (Å²) < 4.78 is 41.1. The first-order chi connectivity index (χ1) is 7.35. The quantitative estimate of drug-likeness (QED) is 0.675. The van der Waals surface area contributed by atoms with Crippen molar-refractivity contribution < 1.29 is 22.7 Å². The van der Waals surface area contributed by atoms with Gasteiger partial charge in [0.05, 0.1) is 0 Å². The Labute approximate surface area is 90.7 Å². The van der Waals surface area contributed by atoms with E-state index in [2.05, 4.69) is 10.1 Å². The molecule has 0 saturated carbocycles. The highest BCUT2D eigenvalue weighted by Crippen LogP contribution is 2.37. The molecule has 7 heteroatoms. The molecule has 2 bridgehead atoms. The van der Waals surface area contributed by atoms with Crippen molar-refractivity contribution in [3.8, 4) is 0 Å². The van der Waals surface area contributed by atoms with Gasteiger partial charge in [0.1, 0.15) is 0 Å². The highest BCUT2D eigenvalue weighted by atomic mass is 19.4. The molecule has 0 spiro atoms. The van der Waals surface area contributed by atoms with Crippen LogP contribution in [0.3, 0.4) is 0 Å². The first-order valence-electron chi connectivity index (χ1n) is 5.09. The fourth-order valence-corrected chi connectivity index (χ4v) is 2.37. The maximum absolute atomic E-state index is 12.1.